The van der Waals surface area contributed by atoms with Gasteiger partial charge in [-0.25, -0.2) is 0 Å². The van der Waals surface area contributed by atoms with E-state index in [0.29, 0.717) is 15.7 Å². The lowest BCUT2D eigenvalue weighted by molar-refractivity contribution is -0.117. The highest BCUT2D eigenvalue weighted by atomic mass is 35.5. The first-order chi connectivity index (χ1) is 9.08. The van der Waals surface area contributed by atoms with Crippen LogP contribution in [0.4, 0.5) is 5.69 Å². The molecule has 19 heavy (non-hydrogen) atoms. The standard InChI is InChI=1S/C15H13Cl2NO/c1-10(11-5-3-2-4-6-11)15(19)18-14-8-7-12(16)9-13(14)17/h2-10H,1H3,(H,18,19). The number of hydrogen-bond donors (Lipinski definition) is 1. The summed E-state index contributed by atoms with van der Waals surface area (Å²) < 4.78 is 0. The van der Waals surface area contributed by atoms with Crippen molar-refractivity contribution in [3.8, 4) is 0 Å². The number of carbonyl (C=O) groups excluding carboxylic acids is 1. The third-order valence-electron chi connectivity index (χ3n) is 2.88. The van der Waals surface area contributed by atoms with Crippen molar-refractivity contribution < 1.29 is 4.79 Å². The van der Waals surface area contributed by atoms with Gasteiger partial charge in [-0.05, 0) is 30.7 Å². The van der Waals surface area contributed by atoms with Crippen molar-refractivity contribution in [1.29, 1.82) is 0 Å². The van der Waals surface area contributed by atoms with Gasteiger partial charge in [-0.15, -0.1) is 0 Å². The van der Waals surface area contributed by atoms with E-state index >= 15 is 0 Å². The molecule has 0 bridgehead atoms. The van der Waals surface area contributed by atoms with Crippen molar-refractivity contribution in [2.45, 2.75) is 12.8 Å². The quantitative estimate of drug-likeness (QED) is 0.870. The molecule has 0 aliphatic heterocycles. The van der Waals surface area contributed by atoms with E-state index in [1.807, 2.05) is 37.3 Å². The molecule has 1 amide bonds. The summed E-state index contributed by atoms with van der Waals surface area (Å²) in [6.45, 7) is 1.86. The average Bonchev–Trinajstić information content (AvgIpc) is 2.42. The van der Waals surface area contributed by atoms with Crippen molar-refractivity contribution in [3.63, 3.8) is 0 Å². The third-order valence-corrected chi connectivity index (χ3v) is 3.43. The van der Waals surface area contributed by atoms with Crippen LogP contribution in [-0.4, -0.2) is 5.91 Å². The predicted molar refractivity (Wildman–Crippen MR) is 79.9 cm³/mol. The Bertz CT molecular complexity index is 584. The Morgan fingerprint density at radius 1 is 1.11 bits per heavy atom. The molecular weight excluding hydrogens is 281 g/mol. The topological polar surface area (TPSA) is 29.1 Å². The Labute approximate surface area is 122 Å². The number of halogens is 2. The van der Waals surface area contributed by atoms with Gasteiger partial charge in [0.05, 0.1) is 16.6 Å². The fourth-order valence-corrected chi connectivity index (χ4v) is 2.18. The molecule has 2 rings (SSSR count). The first-order valence-corrected chi connectivity index (χ1v) is 6.64. The van der Waals surface area contributed by atoms with Crippen molar-refractivity contribution in [2.24, 2.45) is 0 Å². The first kappa shape index (κ1) is 13.9. The number of hydrogen-bond acceptors (Lipinski definition) is 1. The molecule has 1 unspecified atom stereocenters. The maximum absolute atomic E-state index is 12.1. The number of carbonyl (C=O) groups is 1. The second-order valence-electron chi connectivity index (χ2n) is 4.25. The van der Waals surface area contributed by atoms with E-state index in [9.17, 15) is 4.79 Å². The fourth-order valence-electron chi connectivity index (χ4n) is 1.72. The second kappa shape index (κ2) is 6.09. The Kier molecular flexibility index (Phi) is 4.46. The summed E-state index contributed by atoms with van der Waals surface area (Å²) >= 11 is 11.8. The molecule has 0 spiro atoms. The van der Waals surface area contributed by atoms with Gasteiger partial charge >= 0.3 is 0 Å². The normalized spacial score (nSPS) is 11.9. The molecule has 0 heterocycles. The van der Waals surface area contributed by atoms with Crippen molar-refractivity contribution in [1.82, 2.24) is 0 Å². The zero-order valence-electron chi connectivity index (χ0n) is 10.4. The van der Waals surface area contributed by atoms with E-state index in [2.05, 4.69) is 5.32 Å². The fraction of sp³-hybridized carbons (Fsp3) is 0.133. The van der Waals surface area contributed by atoms with Gasteiger partial charge in [0.1, 0.15) is 0 Å². The number of nitrogens with one attached hydrogen (secondary N) is 1. The Balaban J connectivity index is 2.13. The van der Waals surface area contributed by atoms with Crippen LogP contribution in [0.25, 0.3) is 0 Å². The summed E-state index contributed by atoms with van der Waals surface area (Å²) in [7, 11) is 0. The average molecular weight is 294 g/mol. The van der Waals surface area contributed by atoms with E-state index < -0.39 is 0 Å². The largest absolute Gasteiger partial charge is 0.324 e. The third kappa shape index (κ3) is 3.49. The maximum Gasteiger partial charge on any atom is 0.231 e. The molecule has 0 radical (unpaired) electrons. The van der Waals surface area contributed by atoms with Crippen molar-refractivity contribution >= 4 is 34.8 Å². The molecule has 0 saturated heterocycles. The molecule has 2 aromatic rings. The lowest BCUT2D eigenvalue weighted by Crippen LogP contribution is -2.18. The van der Waals surface area contributed by atoms with E-state index in [1.54, 1.807) is 18.2 Å². The van der Waals surface area contributed by atoms with E-state index in [0.717, 1.165) is 5.56 Å². The summed E-state index contributed by atoms with van der Waals surface area (Å²) in [5.41, 5.74) is 1.53. The van der Waals surface area contributed by atoms with Gasteiger partial charge < -0.3 is 5.32 Å². The van der Waals surface area contributed by atoms with Crippen molar-refractivity contribution in [2.75, 3.05) is 5.32 Å². The van der Waals surface area contributed by atoms with E-state index in [-0.39, 0.29) is 11.8 Å². The summed E-state index contributed by atoms with van der Waals surface area (Å²) in [6, 6.07) is 14.6. The lowest BCUT2D eigenvalue weighted by Gasteiger charge is -2.13. The molecule has 0 aliphatic rings. The van der Waals surface area contributed by atoms with Crippen LogP contribution in [0.15, 0.2) is 48.5 Å². The summed E-state index contributed by atoms with van der Waals surface area (Å²) in [6.07, 6.45) is 0. The Morgan fingerprint density at radius 2 is 1.79 bits per heavy atom. The van der Waals surface area contributed by atoms with Crippen molar-refractivity contribution in [3.05, 3.63) is 64.1 Å². The van der Waals surface area contributed by atoms with Gasteiger partial charge in [-0.2, -0.15) is 0 Å². The minimum Gasteiger partial charge on any atom is -0.324 e. The highest BCUT2D eigenvalue weighted by Crippen LogP contribution is 2.26. The van der Waals surface area contributed by atoms with Gasteiger partial charge in [-0.3, -0.25) is 4.79 Å². The minimum atomic E-state index is -0.243. The van der Waals surface area contributed by atoms with Crippen LogP contribution < -0.4 is 5.32 Å². The predicted octanol–water partition coefficient (Wildman–Crippen LogP) is 4.74. The minimum absolute atomic E-state index is 0.101. The zero-order chi connectivity index (χ0) is 13.8. The molecular formula is C15H13Cl2NO. The SMILES string of the molecule is CC(C(=O)Nc1ccc(Cl)cc1Cl)c1ccccc1. The summed E-state index contributed by atoms with van der Waals surface area (Å²) in [4.78, 5) is 12.1. The van der Waals surface area contributed by atoms with Crippen LogP contribution in [-0.2, 0) is 4.79 Å². The molecule has 0 aliphatic carbocycles. The second-order valence-corrected chi connectivity index (χ2v) is 5.09. The van der Waals surface area contributed by atoms with Crippen LogP contribution in [0.2, 0.25) is 10.0 Å². The van der Waals surface area contributed by atoms with E-state index in [1.165, 1.54) is 0 Å². The zero-order valence-corrected chi connectivity index (χ0v) is 11.9. The van der Waals surface area contributed by atoms with Crippen LogP contribution in [0.1, 0.15) is 18.4 Å². The molecule has 2 nitrogen and oxygen atoms in total. The van der Waals surface area contributed by atoms with Crippen LogP contribution in [0, 0.1) is 0 Å². The van der Waals surface area contributed by atoms with Crippen LogP contribution >= 0.6 is 23.2 Å². The lowest BCUT2D eigenvalue weighted by atomic mass is 10.0. The van der Waals surface area contributed by atoms with Gasteiger partial charge in [0.25, 0.3) is 0 Å². The van der Waals surface area contributed by atoms with Gasteiger partial charge in [0.2, 0.25) is 5.91 Å². The van der Waals surface area contributed by atoms with Gasteiger partial charge in [0.15, 0.2) is 0 Å². The van der Waals surface area contributed by atoms with E-state index in [4.69, 9.17) is 23.2 Å². The van der Waals surface area contributed by atoms with Crippen LogP contribution in [0.3, 0.4) is 0 Å². The molecule has 0 aromatic heterocycles. The Morgan fingerprint density at radius 3 is 2.42 bits per heavy atom. The van der Waals surface area contributed by atoms with Crippen LogP contribution in [0.5, 0.6) is 0 Å². The Hall–Kier alpha value is -1.51. The number of anilines is 1. The number of benzene rings is 2. The maximum atomic E-state index is 12.1. The van der Waals surface area contributed by atoms with Gasteiger partial charge in [-0.1, -0.05) is 53.5 Å². The monoisotopic (exact) mass is 293 g/mol. The molecule has 0 saturated carbocycles. The summed E-state index contributed by atoms with van der Waals surface area (Å²) in [5.74, 6) is -0.344. The summed E-state index contributed by atoms with van der Waals surface area (Å²) in [5, 5.41) is 3.78. The van der Waals surface area contributed by atoms with Gasteiger partial charge in [0, 0.05) is 5.02 Å². The smallest absolute Gasteiger partial charge is 0.231 e. The molecule has 2 aromatic carbocycles. The molecule has 1 atom stereocenters. The first-order valence-electron chi connectivity index (χ1n) is 5.89. The highest BCUT2D eigenvalue weighted by molar-refractivity contribution is 6.36. The number of rotatable bonds is 3. The molecule has 98 valence electrons. The highest BCUT2D eigenvalue weighted by Gasteiger charge is 2.16. The molecule has 4 heteroatoms. The number of amides is 1. The molecule has 0 fully saturated rings. The molecule has 1 N–H and O–H groups in total.